The molecule has 1 aliphatic rings. The molecule has 27 heavy (non-hydrogen) atoms. The number of hydrogen-bond donors (Lipinski definition) is 1. The largest absolute Gasteiger partial charge is 0.379 e. The fourth-order valence-corrected chi connectivity index (χ4v) is 5.69. The average molecular weight is 417 g/mol. The van der Waals surface area contributed by atoms with Crippen LogP contribution in [0.1, 0.15) is 5.82 Å². The van der Waals surface area contributed by atoms with Crippen molar-refractivity contribution in [2.75, 3.05) is 26.3 Å². The summed E-state index contributed by atoms with van der Waals surface area (Å²) in [5.41, 5.74) is 1.19. The van der Waals surface area contributed by atoms with Crippen molar-refractivity contribution in [1.29, 1.82) is 0 Å². The first-order valence-corrected chi connectivity index (χ1v) is 11.1. The Kier molecular flexibility index (Phi) is 4.89. The van der Waals surface area contributed by atoms with E-state index < -0.39 is 0 Å². The van der Waals surface area contributed by atoms with E-state index in [1.165, 1.54) is 28.5 Å². The molecule has 1 aliphatic heterocycles. The van der Waals surface area contributed by atoms with E-state index in [2.05, 4.69) is 43.0 Å². The molecule has 1 fully saturated rings. The molecule has 10 heteroatoms. The summed E-state index contributed by atoms with van der Waals surface area (Å²) in [6.45, 7) is 4.09. The van der Waals surface area contributed by atoms with E-state index in [9.17, 15) is 0 Å². The fraction of sp³-hybridized carbons (Fsp3) is 0.294. The maximum atomic E-state index is 5.44. The minimum atomic E-state index is 0.732. The number of aromatic nitrogens is 5. The number of aromatic amines is 1. The van der Waals surface area contributed by atoms with E-state index in [-0.39, 0.29) is 0 Å². The molecular weight excluding hydrogens is 400 g/mol. The molecule has 4 aromatic heterocycles. The summed E-state index contributed by atoms with van der Waals surface area (Å²) >= 11 is 4.90. The topological polar surface area (TPSA) is 79.8 Å². The average Bonchev–Trinajstić information content (AvgIpc) is 3.44. The van der Waals surface area contributed by atoms with Crippen molar-refractivity contribution in [3.8, 4) is 10.4 Å². The van der Waals surface area contributed by atoms with Gasteiger partial charge in [0, 0.05) is 28.9 Å². The Labute approximate surface area is 167 Å². The predicted molar refractivity (Wildman–Crippen MR) is 107 cm³/mol. The van der Waals surface area contributed by atoms with E-state index >= 15 is 0 Å². The molecule has 0 aliphatic carbocycles. The van der Waals surface area contributed by atoms with Crippen molar-refractivity contribution in [2.45, 2.75) is 16.7 Å². The number of morpholine rings is 1. The summed E-state index contributed by atoms with van der Waals surface area (Å²) in [6, 6.07) is 4.21. The number of rotatable bonds is 5. The number of thiophene rings is 2. The molecule has 0 amide bonds. The fourth-order valence-electron chi connectivity index (χ4n) is 3.00. The Balaban J connectivity index is 1.57. The third-order valence-electron chi connectivity index (χ3n) is 4.29. The molecule has 1 saturated heterocycles. The molecule has 7 nitrogen and oxygen atoms in total. The monoisotopic (exact) mass is 416 g/mol. The van der Waals surface area contributed by atoms with Gasteiger partial charge in [-0.05, 0) is 23.2 Å². The zero-order valence-corrected chi connectivity index (χ0v) is 16.7. The van der Waals surface area contributed by atoms with E-state index in [1.807, 2.05) is 0 Å². The number of ether oxygens (including phenoxy) is 1. The number of nitrogens with zero attached hydrogens (tertiary/aromatic N) is 5. The van der Waals surface area contributed by atoms with E-state index in [4.69, 9.17) is 14.7 Å². The van der Waals surface area contributed by atoms with Gasteiger partial charge in [-0.2, -0.15) is 5.10 Å². The van der Waals surface area contributed by atoms with Crippen molar-refractivity contribution in [1.82, 2.24) is 30.0 Å². The highest BCUT2D eigenvalue weighted by Crippen LogP contribution is 2.41. The van der Waals surface area contributed by atoms with Crippen LogP contribution in [-0.2, 0) is 11.3 Å². The normalized spacial score (nSPS) is 15.6. The highest BCUT2D eigenvalue weighted by molar-refractivity contribution is 7.99. The van der Waals surface area contributed by atoms with Gasteiger partial charge in [0.15, 0.2) is 5.16 Å². The molecule has 0 radical (unpaired) electrons. The van der Waals surface area contributed by atoms with Gasteiger partial charge < -0.3 is 4.74 Å². The Morgan fingerprint density at radius 3 is 2.93 bits per heavy atom. The van der Waals surface area contributed by atoms with Gasteiger partial charge in [-0.3, -0.25) is 10.00 Å². The summed E-state index contributed by atoms with van der Waals surface area (Å²) in [6.07, 6.45) is 1.52. The summed E-state index contributed by atoms with van der Waals surface area (Å²) in [4.78, 5) is 18.6. The van der Waals surface area contributed by atoms with Crippen LogP contribution < -0.4 is 0 Å². The lowest BCUT2D eigenvalue weighted by Gasteiger charge is -2.25. The second-order valence-corrected chi connectivity index (χ2v) is 8.82. The Morgan fingerprint density at radius 2 is 2.15 bits per heavy atom. The third-order valence-corrected chi connectivity index (χ3v) is 6.94. The van der Waals surface area contributed by atoms with Crippen molar-refractivity contribution in [3.05, 3.63) is 35.0 Å². The number of nitrogens with one attached hydrogen (secondary N) is 1. The molecule has 0 aromatic carbocycles. The Morgan fingerprint density at radius 1 is 1.22 bits per heavy atom. The maximum Gasteiger partial charge on any atom is 0.189 e. The third kappa shape index (κ3) is 3.63. The van der Waals surface area contributed by atoms with Crippen LogP contribution >= 0.6 is 34.4 Å². The molecule has 0 bridgehead atoms. The van der Waals surface area contributed by atoms with Crippen molar-refractivity contribution >= 4 is 44.7 Å². The molecule has 0 saturated carbocycles. The van der Waals surface area contributed by atoms with Crippen LogP contribution in [-0.4, -0.2) is 56.4 Å². The standard InChI is InChI=1S/C17H16N6OS3/c1-2-12(25-7-1)11-9-26-15-14(11)16(27-17-18-10-19-22-17)21-13(20-15)8-23-3-5-24-6-4-23/h1-2,7,9-10H,3-6,8H2,(H,18,19,22). The second-order valence-electron chi connectivity index (χ2n) is 6.03. The molecular formula is C17H16N6OS3. The van der Waals surface area contributed by atoms with Gasteiger partial charge >= 0.3 is 0 Å². The van der Waals surface area contributed by atoms with Gasteiger partial charge in [0.25, 0.3) is 0 Å². The molecule has 0 unspecified atom stereocenters. The van der Waals surface area contributed by atoms with Crippen LogP contribution in [0, 0.1) is 0 Å². The van der Waals surface area contributed by atoms with Crippen molar-refractivity contribution in [3.63, 3.8) is 0 Å². The zero-order valence-electron chi connectivity index (χ0n) is 14.3. The van der Waals surface area contributed by atoms with Crippen molar-refractivity contribution in [2.24, 2.45) is 0 Å². The van der Waals surface area contributed by atoms with Crippen LogP contribution in [0.5, 0.6) is 0 Å². The highest BCUT2D eigenvalue weighted by atomic mass is 32.2. The molecule has 4 aromatic rings. The van der Waals surface area contributed by atoms with Crippen molar-refractivity contribution < 1.29 is 4.74 Å². The van der Waals surface area contributed by atoms with Crippen LogP contribution in [0.25, 0.3) is 20.7 Å². The van der Waals surface area contributed by atoms with Gasteiger partial charge in [0.2, 0.25) is 0 Å². The highest BCUT2D eigenvalue weighted by Gasteiger charge is 2.19. The second kappa shape index (κ2) is 7.64. The lowest BCUT2D eigenvalue weighted by atomic mass is 10.2. The first-order valence-electron chi connectivity index (χ1n) is 8.52. The van der Waals surface area contributed by atoms with Gasteiger partial charge in [0.05, 0.1) is 25.1 Å². The maximum absolute atomic E-state index is 5.44. The first-order chi connectivity index (χ1) is 13.4. The van der Waals surface area contributed by atoms with Crippen LogP contribution in [0.4, 0.5) is 0 Å². The van der Waals surface area contributed by atoms with E-state index in [0.29, 0.717) is 0 Å². The molecule has 0 atom stereocenters. The lowest BCUT2D eigenvalue weighted by Crippen LogP contribution is -2.36. The quantitative estimate of drug-likeness (QED) is 0.499. The minimum absolute atomic E-state index is 0.732. The Hall–Kier alpha value is -1.85. The summed E-state index contributed by atoms with van der Waals surface area (Å²) in [7, 11) is 0. The molecule has 138 valence electrons. The Bertz CT molecular complexity index is 1020. The van der Waals surface area contributed by atoms with E-state index in [1.54, 1.807) is 22.7 Å². The van der Waals surface area contributed by atoms with Gasteiger partial charge in [-0.25, -0.2) is 15.0 Å². The van der Waals surface area contributed by atoms with Gasteiger partial charge in [-0.15, -0.1) is 22.7 Å². The molecule has 5 rings (SSSR count). The van der Waals surface area contributed by atoms with Crippen LogP contribution in [0.2, 0.25) is 0 Å². The molecule has 0 spiro atoms. The van der Waals surface area contributed by atoms with Gasteiger partial charge in [0.1, 0.15) is 22.0 Å². The summed E-state index contributed by atoms with van der Waals surface area (Å²) in [5, 5.41) is 13.9. The van der Waals surface area contributed by atoms with Gasteiger partial charge in [-0.1, -0.05) is 6.07 Å². The minimum Gasteiger partial charge on any atom is -0.379 e. The molecule has 1 N–H and O–H groups in total. The SMILES string of the molecule is c1csc(-c2csc3nc(CN4CCOCC4)nc(Sc4ncn[nH]4)c23)c1. The van der Waals surface area contributed by atoms with Crippen LogP contribution in [0.3, 0.4) is 0 Å². The summed E-state index contributed by atoms with van der Waals surface area (Å²) in [5.74, 6) is 0.839. The number of H-pyrrole nitrogens is 1. The summed E-state index contributed by atoms with van der Waals surface area (Å²) < 4.78 is 5.44. The molecule has 5 heterocycles. The first kappa shape index (κ1) is 17.3. The predicted octanol–water partition coefficient (Wildman–Crippen LogP) is 3.52. The number of fused-ring (bicyclic) bond motifs is 1. The zero-order chi connectivity index (χ0) is 18.1. The van der Waals surface area contributed by atoms with Crippen LogP contribution in [0.15, 0.2) is 39.4 Å². The van der Waals surface area contributed by atoms with E-state index in [0.717, 1.165) is 59.1 Å². The lowest BCUT2D eigenvalue weighted by molar-refractivity contribution is 0.0330. The smallest absolute Gasteiger partial charge is 0.189 e. The number of hydrogen-bond acceptors (Lipinski definition) is 9.